The topological polar surface area (TPSA) is 32.3 Å². The number of rotatable bonds is 7. The normalized spacial score (nSPS) is 18.6. The summed E-state index contributed by atoms with van der Waals surface area (Å²) >= 11 is 1.84. The van der Waals surface area contributed by atoms with E-state index in [4.69, 9.17) is 0 Å². The van der Waals surface area contributed by atoms with Gasteiger partial charge in [-0.25, -0.2) is 0 Å². The van der Waals surface area contributed by atoms with Gasteiger partial charge in [-0.1, -0.05) is 26.3 Å². The fraction of sp³-hybridized carbons (Fsp3) is 0.706. The SMILES string of the molecule is CCCC(C)C(=O)NCC1CCN(Cc2cccs2)CC1. The third-order valence-corrected chi connectivity index (χ3v) is 5.26. The first-order valence-corrected chi connectivity index (χ1v) is 9.09. The smallest absolute Gasteiger partial charge is 0.222 e. The van der Waals surface area contributed by atoms with Crippen molar-refractivity contribution in [2.45, 2.75) is 46.1 Å². The molecule has 0 saturated carbocycles. The zero-order valence-electron chi connectivity index (χ0n) is 13.3. The van der Waals surface area contributed by atoms with Crippen molar-refractivity contribution in [1.82, 2.24) is 10.2 Å². The summed E-state index contributed by atoms with van der Waals surface area (Å²) in [5.41, 5.74) is 0. The Kier molecular flexibility index (Phi) is 6.71. The zero-order chi connectivity index (χ0) is 15.1. The molecule has 0 aromatic carbocycles. The van der Waals surface area contributed by atoms with Crippen molar-refractivity contribution in [3.63, 3.8) is 0 Å². The van der Waals surface area contributed by atoms with E-state index in [1.807, 2.05) is 18.3 Å². The molecule has 1 aliphatic rings. The van der Waals surface area contributed by atoms with E-state index in [0.717, 1.165) is 39.0 Å². The predicted molar refractivity (Wildman–Crippen MR) is 89.4 cm³/mol. The largest absolute Gasteiger partial charge is 0.356 e. The summed E-state index contributed by atoms with van der Waals surface area (Å²) in [5, 5.41) is 5.29. The Morgan fingerprint density at radius 1 is 1.48 bits per heavy atom. The molecule has 1 saturated heterocycles. The van der Waals surface area contributed by atoms with Crippen LogP contribution in [0.4, 0.5) is 0 Å². The number of hydrogen-bond donors (Lipinski definition) is 1. The number of thiophene rings is 1. The quantitative estimate of drug-likeness (QED) is 0.836. The number of nitrogens with zero attached hydrogens (tertiary/aromatic N) is 1. The molecule has 1 N–H and O–H groups in total. The molecule has 0 spiro atoms. The van der Waals surface area contributed by atoms with E-state index < -0.39 is 0 Å². The average molecular weight is 308 g/mol. The summed E-state index contributed by atoms with van der Waals surface area (Å²) in [7, 11) is 0. The van der Waals surface area contributed by atoms with Crippen LogP contribution >= 0.6 is 11.3 Å². The minimum Gasteiger partial charge on any atom is -0.356 e. The van der Waals surface area contributed by atoms with Gasteiger partial charge in [-0.2, -0.15) is 0 Å². The molecule has 2 heterocycles. The van der Waals surface area contributed by atoms with Crippen molar-refractivity contribution in [2.24, 2.45) is 11.8 Å². The molecule has 1 fully saturated rings. The van der Waals surface area contributed by atoms with Gasteiger partial charge in [-0.3, -0.25) is 9.69 Å². The van der Waals surface area contributed by atoms with Crippen LogP contribution in [-0.2, 0) is 11.3 Å². The van der Waals surface area contributed by atoms with E-state index in [2.05, 4.69) is 34.7 Å². The molecule has 1 atom stereocenters. The van der Waals surface area contributed by atoms with Crippen LogP contribution in [0.5, 0.6) is 0 Å². The summed E-state index contributed by atoms with van der Waals surface area (Å²) < 4.78 is 0. The molecule has 2 rings (SSSR count). The molecule has 1 aliphatic heterocycles. The Labute approximate surface area is 132 Å². The highest BCUT2D eigenvalue weighted by Crippen LogP contribution is 2.20. The second-order valence-electron chi connectivity index (χ2n) is 6.23. The third kappa shape index (κ3) is 5.44. The molecule has 21 heavy (non-hydrogen) atoms. The van der Waals surface area contributed by atoms with Crippen LogP contribution in [0.1, 0.15) is 44.4 Å². The number of carbonyl (C=O) groups is 1. The second kappa shape index (κ2) is 8.54. The van der Waals surface area contributed by atoms with Gasteiger partial charge in [0.15, 0.2) is 0 Å². The van der Waals surface area contributed by atoms with Gasteiger partial charge in [0, 0.05) is 23.9 Å². The number of likely N-dealkylation sites (tertiary alicyclic amines) is 1. The third-order valence-electron chi connectivity index (χ3n) is 4.40. The Bertz CT molecular complexity index is 410. The maximum absolute atomic E-state index is 11.9. The molecule has 4 heteroatoms. The first-order chi connectivity index (χ1) is 10.2. The van der Waals surface area contributed by atoms with Gasteiger partial charge < -0.3 is 5.32 Å². The molecule has 1 aromatic heterocycles. The summed E-state index contributed by atoms with van der Waals surface area (Å²) in [6.07, 6.45) is 4.47. The first kappa shape index (κ1) is 16.5. The Morgan fingerprint density at radius 2 is 2.24 bits per heavy atom. The minimum atomic E-state index is 0.161. The maximum atomic E-state index is 11.9. The highest BCUT2D eigenvalue weighted by atomic mass is 32.1. The molecule has 118 valence electrons. The molecule has 1 amide bonds. The second-order valence-corrected chi connectivity index (χ2v) is 7.27. The molecule has 1 unspecified atom stereocenters. The van der Waals surface area contributed by atoms with E-state index in [-0.39, 0.29) is 11.8 Å². The van der Waals surface area contributed by atoms with Crippen LogP contribution < -0.4 is 5.32 Å². The van der Waals surface area contributed by atoms with Crippen molar-refractivity contribution in [3.05, 3.63) is 22.4 Å². The van der Waals surface area contributed by atoms with Gasteiger partial charge in [0.05, 0.1) is 0 Å². The molecule has 0 bridgehead atoms. The lowest BCUT2D eigenvalue weighted by atomic mass is 9.96. The van der Waals surface area contributed by atoms with Gasteiger partial charge in [0.25, 0.3) is 0 Å². The van der Waals surface area contributed by atoms with Gasteiger partial charge in [-0.15, -0.1) is 11.3 Å². The first-order valence-electron chi connectivity index (χ1n) is 8.21. The van der Waals surface area contributed by atoms with E-state index in [0.29, 0.717) is 5.92 Å². The lowest BCUT2D eigenvalue weighted by Gasteiger charge is -2.31. The van der Waals surface area contributed by atoms with Crippen molar-refractivity contribution in [3.8, 4) is 0 Å². The fourth-order valence-electron chi connectivity index (χ4n) is 2.95. The highest BCUT2D eigenvalue weighted by Gasteiger charge is 2.20. The molecular weight excluding hydrogens is 280 g/mol. The van der Waals surface area contributed by atoms with E-state index in [9.17, 15) is 4.79 Å². The van der Waals surface area contributed by atoms with E-state index in [1.165, 1.54) is 17.7 Å². The van der Waals surface area contributed by atoms with Crippen LogP contribution in [0.3, 0.4) is 0 Å². The van der Waals surface area contributed by atoms with Gasteiger partial charge in [0.1, 0.15) is 0 Å². The van der Waals surface area contributed by atoms with Crippen molar-refractivity contribution in [1.29, 1.82) is 0 Å². The summed E-state index contributed by atoms with van der Waals surface area (Å²) in [5.74, 6) is 1.05. The van der Waals surface area contributed by atoms with Gasteiger partial charge >= 0.3 is 0 Å². The lowest BCUT2D eigenvalue weighted by molar-refractivity contribution is -0.124. The van der Waals surface area contributed by atoms with E-state index in [1.54, 1.807) is 0 Å². The molecular formula is C17H28N2OS. The summed E-state index contributed by atoms with van der Waals surface area (Å²) in [4.78, 5) is 15.9. The van der Waals surface area contributed by atoms with Crippen LogP contribution in [0.2, 0.25) is 0 Å². The van der Waals surface area contributed by atoms with Crippen molar-refractivity contribution in [2.75, 3.05) is 19.6 Å². The minimum absolute atomic E-state index is 0.161. The highest BCUT2D eigenvalue weighted by molar-refractivity contribution is 7.09. The summed E-state index contributed by atoms with van der Waals surface area (Å²) in [6, 6.07) is 4.34. The van der Waals surface area contributed by atoms with Crippen LogP contribution in [-0.4, -0.2) is 30.4 Å². The predicted octanol–water partition coefficient (Wildman–Crippen LogP) is 3.51. The Morgan fingerprint density at radius 3 is 2.86 bits per heavy atom. The van der Waals surface area contributed by atoms with Gasteiger partial charge in [0.2, 0.25) is 5.91 Å². The number of carbonyl (C=O) groups excluding carboxylic acids is 1. The fourth-order valence-corrected chi connectivity index (χ4v) is 3.70. The summed E-state index contributed by atoms with van der Waals surface area (Å²) in [6.45, 7) is 8.42. The van der Waals surface area contributed by atoms with Crippen LogP contribution in [0, 0.1) is 11.8 Å². The molecule has 0 radical (unpaired) electrons. The zero-order valence-corrected chi connectivity index (χ0v) is 14.1. The Balaban J connectivity index is 1.64. The van der Waals surface area contributed by atoms with Crippen LogP contribution in [0.25, 0.3) is 0 Å². The number of amides is 1. The van der Waals surface area contributed by atoms with Gasteiger partial charge in [-0.05, 0) is 49.7 Å². The Hall–Kier alpha value is -0.870. The van der Waals surface area contributed by atoms with Crippen LogP contribution in [0.15, 0.2) is 17.5 Å². The molecule has 1 aromatic rings. The standard InChI is InChI=1S/C17H28N2OS/c1-3-5-14(2)17(20)18-12-15-7-9-19(10-8-15)13-16-6-4-11-21-16/h4,6,11,14-15H,3,5,7-10,12-13H2,1-2H3,(H,18,20). The average Bonchev–Trinajstić information content (AvgIpc) is 2.99. The number of nitrogens with one attached hydrogen (secondary N) is 1. The number of hydrogen-bond acceptors (Lipinski definition) is 3. The maximum Gasteiger partial charge on any atom is 0.222 e. The lowest BCUT2D eigenvalue weighted by Crippen LogP contribution is -2.39. The molecule has 0 aliphatic carbocycles. The molecule has 3 nitrogen and oxygen atoms in total. The van der Waals surface area contributed by atoms with Crippen molar-refractivity contribution < 1.29 is 4.79 Å². The monoisotopic (exact) mass is 308 g/mol. The van der Waals surface area contributed by atoms with Crippen molar-refractivity contribution >= 4 is 17.2 Å². The number of piperidine rings is 1. The van der Waals surface area contributed by atoms with E-state index >= 15 is 0 Å².